The molecular weight excluding hydrogens is 244 g/mol. The van der Waals surface area contributed by atoms with Crippen LogP contribution in [-0.4, -0.2) is 42.7 Å². The number of carbonyl (C=O) groups is 1. The molecule has 1 aliphatic heterocycles. The van der Waals surface area contributed by atoms with Crippen LogP contribution < -0.4 is 10.5 Å². The molecule has 5 heteroatoms. The van der Waals surface area contributed by atoms with Gasteiger partial charge in [-0.1, -0.05) is 6.07 Å². The lowest BCUT2D eigenvalue weighted by Gasteiger charge is -2.38. The van der Waals surface area contributed by atoms with Crippen molar-refractivity contribution >= 4 is 5.97 Å². The average molecular weight is 264 g/mol. The first-order chi connectivity index (χ1) is 9.02. The Bertz CT molecular complexity index is 476. The summed E-state index contributed by atoms with van der Waals surface area (Å²) >= 11 is 0. The second-order valence-electron chi connectivity index (χ2n) is 5.00. The molecule has 3 N–H and O–H groups in total. The average Bonchev–Trinajstić information content (AvgIpc) is 2.36. The van der Waals surface area contributed by atoms with E-state index < -0.39 is 12.0 Å². The van der Waals surface area contributed by atoms with Gasteiger partial charge in [0.1, 0.15) is 5.75 Å². The van der Waals surface area contributed by atoms with Crippen LogP contribution in [0.15, 0.2) is 18.2 Å². The maximum atomic E-state index is 10.9. The highest BCUT2D eigenvalue weighted by Crippen LogP contribution is 2.33. The molecule has 0 aliphatic carbocycles. The number of nitrogens with two attached hydrogens (primary N) is 1. The van der Waals surface area contributed by atoms with E-state index in [1.807, 2.05) is 25.2 Å². The zero-order valence-electron chi connectivity index (χ0n) is 11.3. The summed E-state index contributed by atoms with van der Waals surface area (Å²) in [6.07, 6.45) is 0.914. The van der Waals surface area contributed by atoms with Gasteiger partial charge in [-0.15, -0.1) is 0 Å². The summed E-state index contributed by atoms with van der Waals surface area (Å²) in [6, 6.07) is 5.45. The molecule has 0 spiro atoms. The predicted molar refractivity (Wildman–Crippen MR) is 72.3 cm³/mol. The number of benzene rings is 1. The Morgan fingerprint density at radius 1 is 1.63 bits per heavy atom. The molecule has 0 radical (unpaired) electrons. The van der Waals surface area contributed by atoms with Crippen LogP contribution in [0.2, 0.25) is 0 Å². The molecule has 1 aromatic rings. The van der Waals surface area contributed by atoms with Gasteiger partial charge in [0.25, 0.3) is 0 Å². The zero-order chi connectivity index (χ0) is 14.0. The Morgan fingerprint density at radius 2 is 2.37 bits per heavy atom. The number of methoxy groups -OCH3 is 1. The third-order valence-corrected chi connectivity index (χ3v) is 3.70. The number of nitrogens with zero attached hydrogens (tertiary/aromatic N) is 1. The van der Waals surface area contributed by atoms with Crippen LogP contribution in [0.5, 0.6) is 5.75 Å². The van der Waals surface area contributed by atoms with Gasteiger partial charge in [0.2, 0.25) is 0 Å². The monoisotopic (exact) mass is 264 g/mol. The molecule has 19 heavy (non-hydrogen) atoms. The van der Waals surface area contributed by atoms with Crippen molar-refractivity contribution in [1.82, 2.24) is 4.90 Å². The highest BCUT2D eigenvalue weighted by molar-refractivity contribution is 5.67. The number of aliphatic carboxylic acids is 1. The van der Waals surface area contributed by atoms with E-state index in [1.165, 1.54) is 5.56 Å². The third kappa shape index (κ3) is 2.88. The van der Waals surface area contributed by atoms with Gasteiger partial charge in [0, 0.05) is 12.6 Å². The Kier molecular flexibility index (Phi) is 4.07. The largest absolute Gasteiger partial charge is 0.497 e. The smallest absolute Gasteiger partial charge is 0.304 e. The van der Waals surface area contributed by atoms with Crippen LogP contribution in [-0.2, 0) is 11.2 Å². The number of carboxylic acids is 1. The molecule has 0 aromatic heterocycles. The van der Waals surface area contributed by atoms with Crippen molar-refractivity contribution in [3.8, 4) is 5.75 Å². The lowest BCUT2D eigenvalue weighted by molar-refractivity contribution is -0.137. The normalized spacial score (nSPS) is 20.7. The van der Waals surface area contributed by atoms with Gasteiger partial charge in [-0.3, -0.25) is 9.69 Å². The Balaban J connectivity index is 2.35. The first-order valence-corrected chi connectivity index (χ1v) is 6.37. The van der Waals surface area contributed by atoms with E-state index in [0.29, 0.717) is 0 Å². The highest BCUT2D eigenvalue weighted by atomic mass is 16.5. The molecule has 1 heterocycles. The minimum absolute atomic E-state index is 0.0361. The van der Waals surface area contributed by atoms with Gasteiger partial charge >= 0.3 is 5.97 Å². The number of ether oxygens (including phenoxy) is 1. The van der Waals surface area contributed by atoms with Crippen molar-refractivity contribution in [1.29, 1.82) is 0 Å². The van der Waals surface area contributed by atoms with E-state index in [4.69, 9.17) is 15.6 Å². The van der Waals surface area contributed by atoms with Crippen molar-refractivity contribution in [2.24, 2.45) is 5.73 Å². The van der Waals surface area contributed by atoms with Crippen LogP contribution in [0.3, 0.4) is 0 Å². The Hall–Kier alpha value is -1.59. The Morgan fingerprint density at radius 3 is 3.00 bits per heavy atom. The van der Waals surface area contributed by atoms with Crippen LogP contribution in [0.4, 0.5) is 0 Å². The van der Waals surface area contributed by atoms with Crippen LogP contribution in [0.1, 0.15) is 23.6 Å². The molecule has 104 valence electrons. The molecule has 1 aromatic carbocycles. The van der Waals surface area contributed by atoms with E-state index in [0.717, 1.165) is 24.3 Å². The summed E-state index contributed by atoms with van der Waals surface area (Å²) < 4.78 is 5.25. The molecular formula is C14H20N2O3. The Labute approximate surface area is 113 Å². The molecule has 5 nitrogen and oxygen atoms in total. The molecule has 1 aliphatic rings. The van der Waals surface area contributed by atoms with Gasteiger partial charge in [-0.05, 0) is 36.7 Å². The van der Waals surface area contributed by atoms with Crippen molar-refractivity contribution in [2.45, 2.75) is 24.9 Å². The quantitative estimate of drug-likeness (QED) is 0.849. The van der Waals surface area contributed by atoms with E-state index in [9.17, 15) is 4.79 Å². The number of likely N-dealkylation sites (N-methyl/N-ethyl adjacent to an activating group) is 1. The molecule has 0 bridgehead atoms. The maximum absolute atomic E-state index is 10.9. The van der Waals surface area contributed by atoms with Gasteiger partial charge < -0.3 is 15.6 Å². The van der Waals surface area contributed by atoms with Crippen molar-refractivity contribution < 1.29 is 14.6 Å². The summed E-state index contributed by atoms with van der Waals surface area (Å²) in [5, 5.41) is 8.93. The fourth-order valence-corrected chi connectivity index (χ4v) is 2.75. The minimum Gasteiger partial charge on any atom is -0.497 e. The van der Waals surface area contributed by atoms with Crippen molar-refractivity contribution in [2.75, 3.05) is 20.7 Å². The molecule has 0 fully saturated rings. The number of hydrogen-bond acceptors (Lipinski definition) is 4. The molecule has 2 rings (SSSR count). The SMILES string of the molecule is COc1ccc2c(c1)C(C(N)CC(=O)O)N(C)CC2. The van der Waals surface area contributed by atoms with Crippen molar-refractivity contribution in [3.63, 3.8) is 0 Å². The minimum atomic E-state index is -0.865. The van der Waals surface area contributed by atoms with Crippen LogP contribution in [0.25, 0.3) is 0 Å². The predicted octanol–water partition coefficient (Wildman–Crippen LogP) is 1.03. The zero-order valence-corrected chi connectivity index (χ0v) is 11.3. The molecule has 2 unspecified atom stereocenters. The lowest BCUT2D eigenvalue weighted by atomic mass is 9.87. The van der Waals surface area contributed by atoms with Gasteiger partial charge in [0.05, 0.1) is 19.6 Å². The van der Waals surface area contributed by atoms with Gasteiger partial charge in [-0.25, -0.2) is 0 Å². The summed E-state index contributed by atoms with van der Waals surface area (Å²) in [5.41, 5.74) is 8.39. The maximum Gasteiger partial charge on any atom is 0.304 e. The third-order valence-electron chi connectivity index (χ3n) is 3.70. The highest BCUT2D eigenvalue weighted by Gasteiger charge is 2.31. The lowest BCUT2D eigenvalue weighted by Crippen LogP contribution is -2.44. The summed E-state index contributed by atoms with van der Waals surface area (Å²) in [7, 11) is 3.61. The van der Waals surface area contributed by atoms with Crippen LogP contribution >= 0.6 is 0 Å². The second kappa shape index (κ2) is 5.59. The first-order valence-electron chi connectivity index (χ1n) is 6.37. The number of carboxylic acid groups (broad SMARTS) is 1. The van der Waals surface area contributed by atoms with E-state index in [-0.39, 0.29) is 12.5 Å². The molecule has 0 saturated carbocycles. The first kappa shape index (κ1) is 13.8. The topological polar surface area (TPSA) is 75.8 Å². The van der Waals surface area contributed by atoms with Crippen LogP contribution in [0, 0.1) is 0 Å². The molecule has 2 atom stereocenters. The summed E-state index contributed by atoms with van der Waals surface area (Å²) in [5.74, 6) is -0.0857. The number of fused-ring (bicyclic) bond motifs is 1. The molecule has 0 saturated heterocycles. The van der Waals surface area contributed by atoms with E-state index in [1.54, 1.807) is 7.11 Å². The fraction of sp³-hybridized carbons (Fsp3) is 0.500. The number of rotatable bonds is 4. The molecule has 0 amide bonds. The second-order valence-corrected chi connectivity index (χ2v) is 5.00. The standard InChI is InChI=1S/C14H20N2O3/c1-16-6-5-9-3-4-10(19-2)7-11(9)14(16)12(15)8-13(17)18/h3-4,7,12,14H,5-6,8,15H2,1-2H3,(H,17,18). The number of hydrogen-bond donors (Lipinski definition) is 2. The summed E-state index contributed by atoms with van der Waals surface area (Å²) in [6.45, 7) is 0.886. The van der Waals surface area contributed by atoms with Gasteiger partial charge in [-0.2, -0.15) is 0 Å². The van der Waals surface area contributed by atoms with Gasteiger partial charge in [0.15, 0.2) is 0 Å². The summed E-state index contributed by atoms with van der Waals surface area (Å²) in [4.78, 5) is 13.0. The fourth-order valence-electron chi connectivity index (χ4n) is 2.75. The van der Waals surface area contributed by atoms with E-state index >= 15 is 0 Å². The van der Waals surface area contributed by atoms with E-state index in [2.05, 4.69) is 4.90 Å². The van der Waals surface area contributed by atoms with Crippen molar-refractivity contribution in [3.05, 3.63) is 29.3 Å².